The van der Waals surface area contributed by atoms with Crippen LogP contribution in [-0.4, -0.2) is 34.8 Å². The number of nitrogens with one attached hydrogen (secondary N) is 1. The third-order valence-corrected chi connectivity index (χ3v) is 5.83. The summed E-state index contributed by atoms with van der Waals surface area (Å²) in [7, 11) is 0. The number of aliphatic hydroxyl groups excluding tert-OH is 1. The van der Waals surface area contributed by atoms with Crippen LogP contribution >= 0.6 is 11.8 Å². The first-order chi connectivity index (χ1) is 8.66. The van der Waals surface area contributed by atoms with Crippen molar-refractivity contribution in [3.63, 3.8) is 0 Å². The second-order valence-corrected chi connectivity index (χ2v) is 7.58. The van der Waals surface area contributed by atoms with E-state index in [1.165, 1.54) is 44.3 Å². The highest BCUT2D eigenvalue weighted by molar-refractivity contribution is 7.99. The summed E-state index contributed by atoms with van der Waals surface area (Å²) in [5, 5.41) is 13.5. The van der Waals surface area contributed by atoms with Crippen LogP contribution < -0.4 is 5.32 Å². The van der Waals surface area contributed by atoms with Crippen LogP contribution in [0.1, 0.15) is 52.4 Å². The SMILES string of the molecule is CC(C)NC(CO)(CSCC1CCCC1)C1CC1. The Hall–Kier alpha value is 0.270. The van der Waals surface area contributed by atoms with Crippen molar-refractivity contribution in [2.75, 3.05) is 18.1 Å². The maximum Gasteiger partial charge on any atom is 0.0624 e. The van der Waals surface area contributed by atoms with Gasteiger partial charge in [-0.3, -0.25) is 0 Å². The van der Waals surface area contributed by atoms with Crippen molar-refractivity contribution in [2.24, 2.45) is 11.8 Å². The lowest BCUT2D eigenvalue weighted by molar-refractivity contribution is 0.150. The molecule has 18 heavy (non-hydrogen) atoms. The Kier molecular flexibility index (Phi) is 5.40. The molecule has 2 nitrogen and oxygen atoms in total. The lowest BCUT2D eigenvalue weighted by Gasteiger charge is -2.35. The van der Waals surface area contributed by atoms with E-state index in [1.54, 1.807) is 0 Å². The first kappa shape index (κ1) is 14.7. The molecule has 2 fully saturated rings. The van der Waals surface area contributed by atoms with Gasteiger partial charge in [-0.25, -0.2) is 0 Å². The molecule has 0 radical (unpaired) electrons. The Labute approximate surface area is 116 Å². The predicted octanol–water partition coefficient (Wildman–Crippen LogP) is 3.05. The van der Waals surface area contributed by atoms with Gasteiger partial charge in [0.1, 0.15) is 0 Å². The minimum atomic E-state index is -0.00254. The summed E-state index contributed by atoms with van der Waals surface area (Å²) in [6, 6.07) is 0.463. The largest absolute Gasteiger partial charge is 0.394 e. The molecule has 2 rings (SSSR count). The van der Waals surface area contributed by atoms with Crippen LogP contribution in [0.5, 0.6) is 0 Å². The molecule has 0 aromatic heterocycles. The molecule has 0 saturated heterocycles. The smallest absolute Gasteiger partial charge is 0.0624 e. The van der Waals surface area contributed by atoms with E-state index < -0.39 is 0 Å². The zero-order valence-electron chi connectivity index (χ0n) is 12.0. The Bertz CT molecular complexity index is 249. The fourth-order valence-electron chi connectivity index (χ4n) is 3.29. The maximum absolute atomic E-state index is 9.85. The normalized spacial score (nSPS) is 24.7. The van der Waals surface area contributed by atoms with Gasteiger partial charge in [0.05, 0.1) is 12.1 Å². The van der Waals surface area contributed by atoms with Crippen molar-refractivity contribution in [3.8, 4) is 0 Å². The van der Waals surface area contributed by atoms with Crippen molar-refractivity contribution < 1.29 is 5.11 Å². The molecule has 0 aliphatic heterocycles. The quantitative estimate of drug-likeness (QED) is 0.712. The minimum Gasteiger partial charge on any atom is -0.394 e. The third kappa shape index (κ3) is 3.88. The molecule has 2 saturated carbocycles. The number of hydrogen-bond acceptors (Lipinski definition) is 3. The van der Waals surface area contributed by atoms with Crippen LogP contribution in [-0.2, 0) is 0 Å². The van der Waals surface area contributed by atoms with Crippen LogP contribution in [0.3, 0.4) is 0 Å². The van der Waals surface area contributed by atoms with Crippen LogP contribution in [0.25, 0.3) is 0 Å². The van der Waals surface area contributed by atoms with E-state index in [1.807, 2.05) is 0 Å². The summed E-state index contributed by atoms with van der Waals surface area (Å²) in [6.45, 7) is 4.68. The van der Waals surface area contributed by atoms with Gasteiger partial charge in [0.15, 0.2) is 0 Å². The maximum atomic E-state index is 9.85. The zero-order chi connectivity index (χ0) is 13.0. The fraction of sp³-hybridized carbons (Fsp3) is 1.00. The molecule has 1 atom stereocenters. The Morgan fingerprint density at radius 3 is 2.39 bits per heavy atom. The van der Waals surface area contributed by atoms with E-state index in [0.29, 0.717) is 18.6 Å². The number of aliphatic hydroxyl groups is 1. The summed E-state index contributed by atoms with van der Waals surface area (Å²) in [5.74, 6) is 4.04. The molecule has 0 spiro atoms. The molecule has 0 bridgehead atoms. The van der Waals surface area contributed by atoms with Gasteiger partial charge in [0.25, 0.3) is 0 Å². The van der Waals surface area contributed by atoms with E-state index in [-0.39, 0.29) is 5.54 Å². The third-order valence-electron chi connectivity index (χ3n) is 4.41. The lowest BCUT2D eigenvalue weighted by atomic mass is 9.95. The van der Waals surface area contributed by atoms with Crippen molar-refractivity contribution in [1.29, 1.82) is 0 Å². The Balaban J connectivity index is 1.80. The van der Waals surface area contributed by atoms with Gasteiger partial charge in [-0.1, -0.05) is 26.7 Å². The van der Waals surface area contributed by atoms with Gasteiger partial charge < -0.3 is 10.4 Å². The lowest BCUT2D eigenvalue weighted by Crippen LogP contribution is -2.55. The van der Waals surface area contributed by atoms with E-state index in [0.717, 1.165) is 11.7 Å². The van der Waals surface area contributed by atoms with E-state index in [9.17, 15) is 5.11 Å². The summed E-state index contributed by atoms with van der Waals surface area (Å²) < 4.78 is 0. The molecule has 0 amide bonds. The number of hydrogen-bond donors (Lipinski definition) is 2. The molecule has 2 N–H and O–H groups in total. The van der Waals surface area contributed by atoms with Crippen molar-refractivity contribution in [3.05, 3.63) is 0 Å². The predicted molar refractivity (Wildman–Crippen MR) is 80.1 cm³/mol. The summed E-state index contributed by atoms with van der Waals surface area (Å²) in [6.07, 6.45) is 8.32. The van der Waals surface area contributed by atoms with E-state index in [2.05, 4.69) is 30.9 Å². The average Bonchev–Trinajstić information content (AvgIpc) is 3.07. The standard InChI is InChI=1S/C15H29NOS/c1-12(2)16-15(10-17,14-7-8-14)11-18-9-13-5-3-4-6-13/h12-14,16-17H,3-11H2,1-2H3. The average molecular weight is 271 g/mol. The van der Waals surface area contributed by atoms with Crippen molar-refractivity contribution >= 4 is 11.8 Å². The van der Waals surface area contributed by atoms with Crippen LogP contribution in [0.4, 0.5) is 0 Å². The van der Waals surface area contributed by atoms with Gasteiger partial charge in [0.2, 0.25) is 0 Å². The molecule has 2 aliphatic rings. The van der Waals surface area contributed by atoms with Gasteiger partial charge in [-0.15, -0.1) is 0 Å². The van der Waals surface area contributed by atoms with Crippen LogP contribution in [0.2, 0.25) is 0 Å². The first-order valence-corrected chi connectivity index (χ1v) is 8.78. The molecule has 1 unspecified atom stereocenters. The molecule has 0 aromatic carbocycles. The van der Waals surface area contributed by atoms with E-state index >= 15 is 0 Å². The molecule has 0 heterocycles. The zero-order valence-corrected chi connectivity index (χ0v) is 12.8. The number of thioether (sulfide) groups is 1. The molecule has 3 heteroatoms. The minimum absolute atomic E-state index is 0.00254. The van der Waals surface area contributed by atoms with E-state index in [4.69, 9.17) is 0 Å². The topological polar surface area (TPSA) is 32.3 Å². The second kappa shape index (κ2) is 6.62. The monoisotopic (exact) mass is 271 g/mol. The van der Waals surface area contributed by atoms with Gasteiger partial charge in [-0.05, 0) is 43.3 Å². The Morgan fingerprint density at radius 2 is 1.89 bits per heavy atom. The molecule has 0 aromatic rings. The van der Waals surface area contributed by atoms with Crippen LogP contribution in [0, 0.1) is 11.8 Å². The van der Waals surface area contributed by atoms with Gasteiger partial charge in [-0.2, -0.15) is 11.8 Å². The summed E-state index contributed by atoms with van der Waals surface area (Å²) in [5.41, 5.74) is -0.00254. The number of rotatable bonds is 8. The van der Waals surface area contributed by atoms with Crippen molar-refractivity contribution in [1.82, 2.24) is 5.32 Å². The molecular weight excluding hydrogens is 242 g/mol. The van der Waals surface area contributed by atoms with Crippen LogP contribution in [0.15, 0.2) is 0 Å². The molecular formula is C15H29NOS. The Morgan fingerprint density at radius 1 is 1.22 bits per heavy atom. The fourth-order valence-corrected chi connectivity index (χ4v) is 4.85. The highest BCUT2D eigenvalue weighted by atomic mass is 32.2. The van der Waals surface area contributed by atoms with Gasteiger partial charge >= 0.3 is 0 Å². The van der Waals surface area contributed by atoms with Gasteiger partial charge in [0, 0.05) is 11.8 Å². The highest BCUT2D eigenvalue weighted by Gasteiger charge is 2.44. The second-order valence-electron chi connectivity index (χ2n) is 6.55. The highest BCUT2D eigenvalue weighted by Crippen LogP contribution is 2.42. The molecule has 2 aliphatic carbocycles. The summed E-state index contributed by atoms with van der Waals surface area (Å²) >= 11 is 2.07. The summed E-state index contributed by atoms with van der Waals surface area (Å²) in [4.78, 5) is 0. The van der Waals surface area contributed by atoms with Crippen molar-refractivity contribution in [2.45, 2.75) is 64.0 Å². The molecule has 106 valence electrons. The first-order valence-electron chi connectivity index (χ1n) is 7.62.